The van der Waals surface area contributed by atoms with Crippen LogP contribution in [0.15, 0.2) is 35.0 Å². The van der Waals surface area contributed by atoms with Crippen molar-refractivity contribution < 1.29 is 9.53 Å². The summed E-state index contributed by atoms with van der Waals surface area (Å²) in [5.74, 6) is 0.0769. The number of ketones is 1. The fraction of sp³-hybridized carbons (Fsp3) is 0.182. The van der Waals surface area contributed by atoms with Gasteiger partial charge in [-0.15, -0.1) is 0 Å². The highest BCUT2D eigenvalue weighted by Gasteiger charge is 2.20. The standard InChI is InChI=1S/C11H8BrClO2/c12-10-5-7(13)1-2-9(10)11-6-8(14)3-4-15-11/h1-5,11H,6H2. The van der Waals surface area contributed by atoms with Crippen molar-refractivity contribution in [3.63, 3.8) is 0 Å². The summed E-state index contributed by atoms with van der Waals surface area (Å²) in [6.45, 7) is 0. The Kier molecular flexibility index (Phi) is 3.12. The van der Waals surface area contributed by atoms with Crippen LogP contribution in [-0.2, 0) is 9.53 Å². The molecule has 1 heterocycles. The summed E-state index contributed by atoms with van der Waals surface area (Å²) in [4.78, 5) is 11.2. The van der Waals surface area contributed by atoms with Gasteiger partial charge < -0.3 is 4.74 Å². The summed E-state index contributed by atoms with van der Waals surface area (Å²) in [7, 11) is 0. The molecule has 0 radical (unpaired) electrons. The minimum atomic E-state index is -0.214. The lowest BCUT2D eigenvalue weighted by Crippen LogP contribution is -2.11. The van der Waals surface area contributed by atoms with Crippen molar-refractivity contribution >= 4 is 33.3 Å². The van der Waals surface area contributed by atoms with E-state index in [0.717, 1.165) is 10.0 Å². The molecule has 0 fully saturated rings. The van der Waals surface area contributed by atoms with Crippen LogP contribution < -0.4 is 0 Å². The van der Waals surface area contributed by atoms with E-state index in [0.29, 0.717) is 11.4 Å². The van der Waals surface area contributed by atoms with Crippen molar-refractivity contribution in [3.05, 3.63) is 45.6 Å². The summed E-state index contributed by atoms with van der Waals surface area (Å²) in [5.41, 5.74) is 0.942. The highest BCUT2D eigenvalue weighted by molar-refractivity contribution is 9.10. The topological polar surface area (TPSA) is 26.3 Å². The molecule has 15 heavy (non-hydrogen) atoms. The summed E-state index contributed by atoms with van der Waals surface area (Å²) in [5, 5.41) is 0.656. The molecular formula is C11H8BrClO2. The van der Waals surface area contributed by atoms with E-state index < -0.39 is 0 Å². The Labute approximate surface area is 101 Å². The smallest absolute Gasteiger partial charge is 0.162 e. The van der Waals surface area contributed by atoms with Gasteiger partial charge in [0.05, 0.1) is 12.7 Å². The number of hydrogen-bond acceptors (Lipinski definition) is 2. The molecule has 2 rings (SSSR count). The second-order valence-electron chi connectivity index (χ2n) is 3.26. The number of benzene rings is 1. The highest BCUT2D eigenvalue weighted by Crippen LogP contribution is 2.32. The van der Waals surface area contributed by atoms with E-state index in [1.807, 2.05) is 6.07 Å². The zero-order chi connectivity index (χ0) is 10.8. The molecule has 2 nitrogen and oxygen atoms in total. The lowest BCUT2D eigenvalue weighted by molar-refractivity contribution is -0.118. The second kappa shape index (κ2) is 4.37. The molecular weight excluding hydrogens is 279 g/mol. The van der Waals surface area contributed by atoms with Gasteiger partial charge in [-0.2, -0.15) is 0 Å². The quantitative estimate of drug-likeness (QED) is 0.788. The monoisotopic (exact) mass is 286 g/mol. The SMILES string of the molecule is O=C1C=COC(c2ccc(Cl)cc2Br)C1. The fourth-order valence-corrected chi connectivity index (χ4v) is 2.39. The van der Waals surface area contributed by atoms with Crippen molar-refractivity contribution in [1.29, 1.82) is 0 Å². The zero-order valence-electron chi connectivity index (χ0n) is 7.74. The molecule has 0 saturated heterocycles. The number of carbonyl (C=O) groups is 1. The first-order chi connectivity index (χ1) is 7.16. The third-order valence-electron chi connectivity index (χ3n) is 2.19. The minimum Gasteiger partial charge on any atom is -0.493 e. The predicted octanol–water partition coefficient (Wildman–Crippen LogP) is 3.65. The lowest BCUT2D eigenvalue weighted by atomic mass is 10.0. The van der Waals surface area contributed by atoms with Crippen LogP contribution in [0.25, 0.3) is 0 Å². The number of halogens is 2. The first-order valence-electron chi connectivity index (χ1n) is 4.46. The summed E-state index contributed by atoms with van der Waals surface area (Å²) >= 11 is 9.24. The van der Waals surface area contributed by atoms with Crippen LogP contribution in [-0.4, -0.2) is 5.78 Å². The predicted molar refractivity (Wildman–Crippen MR) is 61.7 cm³/mol. The summed E-state index contributed by atoms with van der Waals surface area (Å²) < 4.78 is 6.24. The largest absolute Gasteiger partial charge is 0.493 e. The van der Waals surface area contributed by atoms with Crippen molar-refractivity contribution in [3.8, 4) is 0 Å². The van der Waals surface area contributed by atoms with E-state index in [1.54, 1.807) is 12.1 Å². The lowest BCUT2D eigenvalue weighted by Gasteiger charge is -2.20. The molecule has 0 bridgehead atoms. The number of carbonyl (C=O) groups excluding carboxylic acids is 1. The van der Waals surface area contributed by atoms with Gasteiger partial charge in [-0.25, -0.2) is 0 Å². The first-order valence-corrected chi connectivity index (χ1v) is 5.63. The van der Waals surface area contributed by atoms with Gasteiger partial charge in [-0.3, -0.25) is 4.79 Å². The molecule has 78 valence electrons. The van der Waals surface area contributed by atoms with Crippen LogP contribution in [0.5, 0.6) is 0 Å². The van der Waals surface area contributed by atoms with Crippen molar-refractivity contribution in [2.24, 2.45) is 0 Å². The van der Waals surface area contributed by atoms with E-state index >= 15 is 0 Å². The van der Waals surface area contributed by atoms with Crippen LogP contribution in [0.4, 0.5) is 0 Å². The molecule has 0 N–H and O–H groups in total. The summed E-state index contributed by atoms with van der Waals surface area (Å²) in [6, 6.07) is 5.44. The zero-order valence-corrected chi connectivity index (χ0v) is 10.1. The highest BCUT2D eigenvalue weighted by atomic mass is 79.9. The van der Waals surface area contributed by atoms with E-state index in [-0.39, 0.29) is 11.9 Å². The van der Waals surface area contributed by atoms with Crippen LogP contribution in [0.2, 0.25) is 5.02 Å². The van der Waals surface area contributed by atoms with Gasteiger partial charge in [0.15, 0.2) is 5.78 Å². The van der Waals surface area contributed by atoms with Gasteiger partial charge >= 0.3 is 0 Å². The number of allylic oxidation sites excluding steroid dienone is 1. The Morgan fingerprint density at radius 3 is 2.93 bits per heavy atom. The average Bonchev–Trinajstić information content (AvgIpc) is 2.17. The average molecular weight is 288 g/mol. The molecule has 0 aliphatic carbocycles. The van der Waals surface area contributed by atoms with Gasteiger partial charge in [0.25, 0.3) is 0 Å². The van der Waals surface area contributed by atoms with Gasteiger partial charge in [-0.1, -0.05) is 33.6 Å². The van der Waals surface area contributed by atoms with E-state index in [1.165, 1.54) is 12.3 Å². The van der Waals surface area contributed by atoms with Gasteiger partial charge in [0, 0.05) is 21.1 Å². The number of rotatable bonds is 1. The maximum absolute atomic E-state index is 11.2. The van der Waals surface area contributed by atoms with E-state index in [2.05, 4.69) is 15.9 Å². The number of ether oxygens (including phenoxy) is 1. The molecule has 4 heteroatoms. The van der Waals surface area contributed by atoms with Crippen molar-refractivity contribution in [2.45, 2.75) is 12.5 Å². The maximum Gasteiger partial charge on any atom is 0.162 e. The second-order valence-corrected chi connectivity index (χ2v) is 4.55. The van der Waals surface area contributed by atoms with E-state index in [9.17, 15) is 4.79 Å². The molecule has 1 aromatic carbocycles. The van der Waals surface area contributed by atoms with Gasteiger partial charge in [0.2, 0.25) is 0 Å². The molecule has 1 aliphatic heterocycles. The third kappa shape index (κ3) is 2.41. The third-order valence-corrected chi connectivity index (χ3v) is 3.11. The molecule has 1 atom stereocenters. The molecule has 0 aromatic heterocycles. The Hall–Kier alpha value is -0.800. The fourth-order valence-electron chi connectivity index (χ4n) is 1.45. The number of hydrogen-bond donors (Lipinski definition) is 0. The molecule has 0 amide bonds. The minimum absolute atomic E-state index is 0.0769. The van der Waals surface area contributed by atoms with Crippen LogP contribution in [0.1, 0.15) is 18.1 Å². The van der Waals surface area contributed by atoms with E-state index in [4.69, 9.17) is 16.3 Å². The maximum atomic E-state index is 11.2. The molecule has 1 unspecified atom stereocenters. The molecule has 1 aromatic rings. The Morgan fingerprint density at radius 2 is 2.27 bits per heavy atom. The van der Waals surface area contributed by atoms with Crippen LogP contribution in [0.3, 0.4) is 0 Å². The molecule has 1 aliphatic rings. The van der Waals surface area contributed by atoms with Gasteiger partial charge in [-0.05, 0) is 12.1 Å². The van der Waals surface area contributed by atoms with Crippen LogP contribution >= 0.6 is 27.5 Å². The van der Waals surface area contributed by atoms with Crippen molar-refractivity contribution in [2.75, 3.05) is 0 Å². The Morgan fingerprint density at radius 1 is 1.47 bits per heavy atom. The van der Waals surface area contributed by atoms with Crippen LogP contribution in [0, 0.1) is 0 Å². The summed E-state index contributed by atoms with van der Waals surface area (Å²) in [6.07, 6.45) is 3.04. The molecule has 0 spiro atoms. The Balaban J connectivity index is 2.30. The first kappa shape index (κ1) is 10.7. The molecule has 0 saturated carbocycles. The van der Waals surface area contributed by atoms with Crippen molar-refractivity contribution in [1.82, 2.24) is 0 Å². The van der Waals surface area contributed by atoms with Gasteiger partial charge in [0.1, 0.15) is 6.10 Å². The normalized spacial score (nSPS) is 20.1. The Bertz CT molecular complexity index is 429.